The molecule has 0 aliphatic carbocycles. The van der Waals surface area contributed by atoms with Crippen LogP contribution in [0.3, 0.4) is 0 Å². The fraction of sp³-hybridized carbons (Fsp3) is 0.500. The van der Waals surface area contributed by atoms with Gasteiger partial charge < -0.3 is 15.9 Å². The largest absolute Gasteiger partial charge is 0.367 e. The van der Waals surface area contributed by atoms with Gasteiger partial charge >= 0.3 is 0 Å². The molecule has 0 aromatic carbocycles. The first-order valence-corrected chi connectivity index (χ1v) is 8.45. The van der Waals surface area contributed by atoms with Gasteiger partial charge in [-0.25, -0.2) is 9.97 Å². The van der Waals surface area contributed by atoms with E-state index in [0.29, 0.717) is 24.1 Å². The Balaban J connectivity index is 1.89. The highest BCUT2D eigenvalue weighted by atomic mass is 15.1. The molecule has 0 bridgehead atoms. The third-order valence-electron chi connectivity index (χ3n) is 4.18. The lowest BCUT2D eigenvalue weighted by atomic mass is 10.0. The van der Waals surface area contributed by atoms with Crippen molar-refractivity contribution < 1.29 is 1.41 Å². The van der Waals surface area contributed by atoms with Gasteiger partial charge in [-0.15, -0.1) is 0 Å². The average molecular weight is 325 g/mol. The fourth-order valence-electron chi connectivity index (χ4n) is 2.93. The molecule has 0 unspecified atom stereocenters. The molecule has 1 saturated heterocycles. The number of aromatic nitrogens is 2. The number of fused-ring (bicyclic) bond motifs is 1. The summed E-state index contributed by atoms with van der Waals surface area (Å²) >= 11 is 0. The number of pyridine rings is 2. The first-order valence-electron chi connectivity index (χ1n) is 8.90. The third-order valence-corrected chi connectivity index (χ3v) is 4.18. The van der Waals surface area contributed by atoms with E-state index in [1.807, 2.05) is 19.9 Å². The van der Waals surface area contributed by atoms with Crippen LogP contribution in [0, 0.1) is 11.3 Å². The van der Waals surface area contributed by atoms with Gasteiger partial charge in [0.1, 0.15) is 24.8 Å². The van der Waals surface area contributed by atoms with Crippen LogP contribution in [-0.2, 0) is 0 Å². The van der Waals surface area contributed by atoms with Gasteiger partial charge in [-0.05, 0) is 45.7 Å². The van der Waals surface area contributed by atoms with E-state index in [0.717, 1.165) is 29.4 Å². The van der Waals surface area contributed by atoms with E-state index in [1.54, 1.807) is 17.6 Å². The Morgan fingerprint density at radius 1 is 1.42 bits per heavy atom. The molecule has 6 nitrogen and oxygen atoms in total. The van der Waals surface area contributed by atoms with Gasteiger partial charge in [0.2, 0.25) is 0 Å². The van der Waals surface area contributed by atoms with E-state index < -0.39 is 0 Å². The summed E-state index contributed by atoms with van der Waals surface area (Å²) in [5, 5.41) is 19.4. The summed E-state index contributed by atoms with van der Waals surface area (Å²) in [6.45, 7) is 6.85. The Labute approximate surface area is 144 Å². The second-order valence-corrected chi connectivity index (χ2v) is 6.69. The van der Waals surface area contributed by atoms with Crippen molar-refractivity contribution in [3.8, 4) is 6.07 Å². The van der Waals surface area contributed by atoms with Crippen LogP contribution in [0.1, 0.15) is 39.3 Å². The molecular formula is C18H24N6. The fourth-order valence-corrected chi connectivity index (χ4v) is 2.93. The Kier molecular flexibility index (Phi) is 4.43. The molecule has 1 aliphatic heterocycles. The highest BCUT2D eigenvalue weighted by Gasteiger charge is 2.18. The third kappa shape index (κ3) is 3.74. The molecule has 3 rings (SSSR count). The molecule has 0 amide bonds. The number of piperidine rings is 1. The SMILES string of the molecule is [2H]N1C[C@@H](Nc2cc3c(NC(C)C)nc(C#N)cc3cn2)CC[C@@H]1C. The van der Waals surface area contributed by atoms with Gasteiger partial charge in [-0.2, -0.15) is 5.26 Å². The summed E-state index contributed by atoms with van der Waals surface area (Å²) in [5.74, 6) is 1.48. The van der Waals surface area contributed by atoms with E-state index in [-0.39, 0.29) is 12.1 Å². The van der Waals surface area contributed by atoms with Gasteiger partial charge in [0.25, 0.3) is 0 Å². The monoisotopic (exact) mass is 325 g/mol. The van der Waals surface area contributed by atoms with Crippen LogP contribution < -0.4 is 15.9 Å². The van der Waals surface area contributed by atoms with E-state index in [1.165, 1.54) is 0 Å². The average Bonchev–Trinajstić information content (AvgIpc) is 2.58. The summed E-state index contributed by atoms with van der Waals surface area (Å²) < 4.78 is 7.98. The molecule has 0 saturated carbocycles. The molecule has 2 aromatic rings. The standard InChI is InChI=1S/C18H24N6/c1-11(2)22-18-16-7-17(23-14-5-4-12(3)20-10-14)21-9-13(16)6-15(8-19)24-18/h6-7,9,11-12,14,20H,4-5,10H2,1-3H3,(H,21,23)(H,22,24)/t12-,14-/m0/s1/i/hD. The van der Waals surface area contributed by atoms with E-state index in [4.69, 9.17) is 1.41 Å². The van der Waals surface area contributed by atoms with Crippen molar-refractivity contribution in [3.63, 3.8) is 0 Å². The number of hydrogen-bond acceptors (Lipinski definition) is 6. The number of anilines is 2. The summed E-state index contributed by atoms with van der Waals surface area (Å²) in [6.07, 6.45) is 3.80. The predicted octanol–water partition coefficient (Wildman–Crippen LogP) is 2.87. The Hall–Kier alpha value is -2.39. The topological polar surface area (TPSA) is 85.7 Å². The lowest BCUT2D eigenvalue weighted by molar-refractivity contribution is 0.398. The molecule has 3 heterocycles. The van der Waals surface area contributed by atoms with Crippen molar-refractivity contribution in [3.05, 3.63) is 24.0 Å². The molecule has 2 atom stereocenters. The molecule has 6 heteroatoms. The molecule has 126 valence electrons. The summed E-state index contributed by atoms with van der Waals surface area (Å²) in [5.41, 5.74) is 0.379. The van der Waals surface area contributed by atoms with Crippen LogP contribution in [0.2, 0.25) is 1.41 Å². The van der Waals surface area contributed by atoms with Crippen molar-refractivity contribution in [1.82, 2.24) is 15.3 Å². The van der Waals surface area contributed by atoms with Gasteiger partial charge in [0.15, 0.2) is 0 Å². The zero-order valence-electron chi connectivity index (χ0n) is 15.4. The van der Waals surface area contributed by atoms with E-state index in [2.05, 4.69) is 33.6 Å². The smallest absolute Gasteiger partial charge is 0.143 e. The second kappa shape index (κ2) is 7.02. The molecule has 2 aromatic heterocycles. The van der Waals surface area contributed by atoms with Crippen molar-refractivity contribution in [2.45, 2.75) is 51.7 Å². The maximum Gasteiger partial charge on any atom is 0.143 e. The van der Waals surface area contributed by atoms with Gasteiger partial charge in [0, 0.05) is 41.6 Å². The van der Waals surface area contributed by atoms with Crippen LogP contribution in [-0.4, -0.2) is 34.6 Å². The molecule has 0 spiro atoms. The van der Waals surface area contributed by atoms with Crippen molar-refractivity contribution >= 4 is 22.4 Å². The van der Waals surface area contributed by atoms with Crippen LogP contribution in [0.4, 0.5) is 11.6 Å². The molecular weight excluding hydrogens is 300 g/mol. The van der Waals surface area contributed by atoms with Crippen LogP contribution in [0.5, 0.6) is 0 Å². The highest BCUT2D eigenvalue weighted by Crippen LogP contribution is 2.25. The maximum atomic E-state index is 9.18. The predicted molar refractivity (Wildman–Crippen MR) is 97.1 cm³/mol. The Morgan fingerprint density at radius 2 is 2.25 bits per heavy atom. The Morgan fingerprint density at radius 3 is 2.96 bits per heavy atom. The quantitative estimate of drug-likeness (QED) is 0.801. The first kappa shape index (κ1) is 15.2. The molecule has 0 radical (unpaired) electrons. The van der Waals surface area contributed by atoms with Crippen molar-refractivity contribution in [2.24, 2.45) is 0 Å². The normalized spacial score (nSPS) is 22.2. The zero-order valence-corrected chi connectivity index (χ0v) is 14.4. The van der Waals surface area contributed by atoms with Crippen LogP contribution >= 0.6 is 0 Å². The van der Waals surface area contributed by atoms with Crippen LogP contribution in [0.25, 0.3) is 10.8 Å². The summed E-state index contributed by atoms with van der Waals surface area (Å²) in [6, 6.07) is 6.56. The maximum absolute atomic E-state index is 9.18. The van der Waals surface area contributed by atoms with Gasteiger partial charge in [0.05, 0.1) is 0 Å². The van der Waals surface area contributed by atoms with Crippen molar-refractivity contribution in [2.75, 3.05) is 17.2 Å². The lowest BCUT2D eigenvalue weighted by Gasteiger charge is -2.28. The minimum Gasteiger partial charge on any atom is -0.367 e. The zero-order chi connectivity index (χ0) is 18.0. The molecule has 3 N–H and O–H groups in total. The van der Waals surface area contributed by atoms with Crippen LogP contribution in [0.15, 0.2) is 18.3 Å². The summed E-state index contributed by atoms with van der Waals surface area (Å²) in [4.78, 5) is 8.89. The second-order valence-electron chi connectivity index (χ2n) is 6.69. The minimum absolute atomic E-state index is 0.214. The van der Waals surface area contributed by atoms with E-state index in [9.17, 15) is 5.26 Å². The molecule has 1 fully saturated rings. The van der Waals surface area contributed by atoms with Gasteiger partial charge in [-0.1, -0.05) is 0 Å². The number of nitrogens with zero attached hydrogens (tertiary/aromatic N) is 3. The summed E-state index contributed by atoms with van der Waals surface area (Å²) in [7, 11) is 0. The molecule has 24 heavy (non-hydrogen) atoms. The number of nitriles is 1. The van der Waals surface area contributed by atoms with Gasteiger partial charge in [-0.3, -0.25) is 0 Å². The lowest BCUT2D eigenvalue weighted by Crippen LogP contribution is -2.43. The highest BCUT2D eigenvalue weighted by molar-refractivity contribution is 5.93. The first-order chi connectivity index (χ1) is 12.0. The number of nitrogens with one attached hydrogen (secondary N) is 3. The van der Waals surface area contributed by atoms with Crippen molar-refractivity contribution in [1.29, 1.82) is 5.26 Å². The van der Waals surface area contributed by atoms with E-state index >= 15 is 0 Å². The minimum atomic E-state index is 0.214. The molecule has 1 aliphatic rings. The Bertz CT molecular complexity index is 800. The number of rotatable bonds is 4. The number of hydrogen-bond donors (Lipinski definition) is 3.